The van der Waals surface area contributed by atoms with Crippen LogP contribution in [0.25, 0.3) is 11.5 Å². The van der Waals surface area contributed by atoms with Gasteiger partial charge < -0.3 is 9.15 Å². The van der Waals surface area contributed by atoms with Crippen molar-refractivity contribution in [3.05, 3.63) is 66.3 Å². The fourth-order valence-electron chi connectivity index (χ4n) is 1.82. The molecule has 0 aliphatic carbocycles. The SMILES string of the molecule is Fc1ccc(OCc2ccccc2)c(-c2nnco2)c1. The van der Waals surface area contributed by atoms with Crippen LogP contribution in [0.3, 0.4) is 0 Å². The Bertz CT molecular complexity index is 684. The zero-order chi connectivity index (χ0) is 13.8. The molecule has 2 aromatic carbocycles. The van der Waals surface area contributed by atoms with Crippen LogP contribution in [-0.4, -0.2) is 10.2 Å². The van der Waals surface area contributed by atoms with Crippen LogP contribution >= 0.6 is 0 Å². The van der Waals surface area contributed by atoms with Crippen molar-refractivity contribution in [3.8, 4) is 17.2 Å². The molecule has 0 N–H and O–H groups in total. The topological polar surface area (TPSA) is 48.2 Å². The maximum atomic E-state index is 13.4. The Hall–Kier alpha value is -2.69. The molecule has 1 heterocycles. The van der Waals surface area contributed by atoms with Crippen molar-refractivity contribution in [2.75, 3.05) is 0 Å². The summed E-state index contributed by atoms with van der Waals surface area (Å²) < 4.78 is 24.2. The van der Waals surface area contributed by atoms with Crippen LogP contribution in [0.2, 0.25) is 0 Å². The first-order valence-electron chi connectivity index (χ1n) is 6.06. The number of nitrogens with zero attached hydrogens (tertiary/aromatic N) is 2. The molecule has 0 saturated carbocycles. The second-order valence-electron chi connectivity index (χ2n) is 4.16. The molecule has 0 bridgehead atoms. The number of aromatic nitrogens is 2. The van der Waals surface area contributed by atoms with Crippen molar-refractivity contribution in [2.24, 2.45) is 0 Å². The Kier molecular flexibility index (Phi) is 3.41. The molecule has 3 rings (SSSR count). The lowest BCUT2D eigenvalue weighted by Crippen LogP contribution is -1.97. The first kappa shape index (κ1) is 12.3. The fourth-order valence-corrected chi connectivity index (χ4v) is 1.82. The zero-order valence-corrected chi connectivity index (χ0v) is 10.5. The molecule has 4 nitrogen and oxygen atoms in total. The van der Waals surface area contributed by atoms with Crippen LogP contribution in [0.4, 0.5) is 4.39 Å². The summed E-state index contributed by atoms with van der Waals surface area (Å²) in [6.07, 6.45) is 1.20. The molecule has 0 fully saturated rings. The largest absolute Gasteiger partial charge is 0.488 e. The highest BCUT2D eigenvalue weighted by atomic mass is 19.1. The molecule has 20 heavy (non-hydrogen) atoms. The quantitative estimate of drug-likeness (QED) is 0.728. The smallest absolute Gasteiger partial charge is 0.251 e. The highest BCUT2D eigenvalue weighted by Crippen LogP contribution is 2.29. The molecule has 1 aromatic heterocycles. The van der Waals surface area contributed by atoms with Gasteiger partial charge in [0.25, 0.3) is 5.89 Å². The molecule has 0 saturated heterocycles. The molecule has 100 valence electrons. The van der Waals surface area contributed by atoms with Crippen LogP contribution in [0.15, 0.2) is 59.3 Å². The number of rotatable bonds is 4. The maximum Gasteiger partial charge on any atom is 0.251 e. The lowest BCUT2D eigenvalue weighted by Gasteiger charge is -2.09. The van der Waals surface area contributed by atoms with Crippen molar-refractivity contribution >= 4 is 0 Å². The van der Waals surface area contributed by atoms with E-state index < -0.39 is 0 Å². The third-order valence-corrected chi connectivity index (χ3v) is 2.77. The highest BCUT2D eigenvalue weighted by Gasteiger charge is 2.12. The number of benzene rings is 2. The monoisotopic (exact) mass is 270 g/mol. The number of hydrogen-bond donors (Lipinski definition) is 0. The van der Waals surface area contributed by atoms with E-state index in [1.165, 1.54) is 18.5 Å². The molecule has 0 radical (unpaired) electrons. The van der Waals surface area contributed by atoms with E-state index in [9.17, 15) is 4.39 Å². The molecule has 0 aliphatic heterocycles. The van der Waals surface area contributed by atoms with Gasteiger partial charge in [0.1, 0.15) is 18.2 Å². The predicted octanol–water partition coefficient (Wildman–Crippen LogP) is 3.45. The maximum absolute atomic E-state index is 13.4. The van der Waals surface area contributed by atoms with E-state index in [1.54, 1.807) is 6.07 Å². The summed E-state index contributed by atoms with van der Waals surface area (Å²) in [5.41, 5.74) is 1.46. The minimum absolute atomic E-state index is 0.229. The van der Waals surface area contributed by atoms with E-state index in [2.05, 4.69) is 10.2 Å². The first-order chi connectivity index (χ1) is 9.83. The van der Waals surface area contributed by atoms with Gasteiger partial charge in [0.2, 0.25) is 6.39 Å². The number of ether oxygens (including phenoxy) is 1. The van der Waals surface area contributed by atoms with Crippen LogP contribution in [0, 0.1) is 5.82 Å². The third-order valence-electron chi connectivity index (χ3n) is 2.77. The molecule has 0 atom stereocenters. The first-order valence-corrected chi connectivity index (χ1v) is 6.06. The van der Waals surface area contributed by atoms with Gasteiger partial charge in [-0.25, -0.2) is 4.39 Å². The minimum atomic E-state index is -0.384. The van der Waals surface area contributed by atoms with Crippen LogP contribution in [0.5, 0.6) is 5.75 Å². The van der Waals surface area contributed by atoms with Crippen molar-refractivity contribution in [1.82, 2.24) is 10.2 Å². The molecule has 0 aliphatic rings. The minimum Gasteiger partial charge on any atom is -0.488 e. The van der Waals surface area contributed by atoms with E-state index in [1.807, 2.05) is 30.3 Å². The van der Waals surface area contributed by atoms with Gasteiger partial charge in [0, 0.05) is 0 Å². The van der Waals surface area contributed by atoms with Gasteiger partial charge in [-0.05, 0) is 23.8 Å². The van der Waals surface area contributed by atoms with Gasteiger partial charge in [-0.2, -0.15) is 0 Å². The molecule has 5 heteroatoms. The summed E-state index contributed by atoms with van der Waals surface area (Å²) in [6, 6.07) is 13.9. The molecule has 0 amide bonds. The van der Waals surface area contributed by atoms with Crippen LogP contribution < -0.4 is 4.74 Å². The Morgan fingerprint density at radius 1 is 1.10 bits per heavy atom. The molecular formula is C15H11FN2O2. The normalized spacial score (nSPS) is 10.4. The summed E-state index contributed by atoms with van der Waals surface area (Å²) in [7, 11) is 0. The second kappa shape index (κ2) is 5.52. The van der Waals surface area contributed by atoms with Crippen LogP contribution in [0.1, 0.15) is 5.56 Å². The van der Waals surface area contributed by atoms with Gasteiger partial charge in [0.05, 0.1) is 5.56 Å². The molecule has 3 aromatic rings. The summed E-state index contributed by atoms with van der Waals surface area (Å²) in [5, 5.41) is 7.37. The van der Waals surface area contributed by atoms with Crippen molar-refractivity contribution in [1.29, 1.82) is 0 Å². The van der Waals surface area contributed by atoms with Gasteiger partial charge in [-0.15, -0.1) is 10.2 Å². The second-order valence-corrected chi connectivity index (χ2v) is 4.16. The Morgan fingerprint density at radius 2 is 1.95 bits per heavy atom. The predicted molar refractivity (Wildman–Crippen MR) is 70.5 cm³/mol. The van der Waals surface area contributed by atoms with Gasteiger partial charge in [-0.3, -0.25) is 0 Å². The Labute approximate surface area is 114 Å². The van der Waals surface area contributed by atoms with Gasteiger partial charge in [0.15, 0.2) is 0 Å². The van der Waals surface area contributed by atoms with Crippen LogP contribution in [-0.2, 0) is 6.61 Å². The van der Waals surface area contributed by atoms with E-state index in [0.717, 1.165) is 5.56 Å². The average Bonchev–Trinajstić information content (AvgIpc) is 3.01. The Morgan fingerprint density at radius 3 is 2.70 bits per heavy atom. The van der Waals surface area contributed by atoms with E-state index >= 15 is 0 Å². The lowest BCUT2D eigenvalue weighted by atomic mass is 10.2. The van der Waals surface area contributed by atoms with Crippen molar-refractivity contribution < 1.29 is 13.5 Å². The molecule has 0 unspecified atom stereocenters. The standard InChI is InChI=1S/C15H11FN2O2/c16-12-6-7-14(13(8-12)15-18-17-10-20-15)19-9-11-4-2-1-3-5-11/h1-8,10H,9H2. The average molecular weight is 270 g/mol. The number of hydrogen-bond acceptors (Lipinski definition) is 4. The molecular weight excluding hydrogens is 259 g/mol. The van der Waals surface area contributed by atoms with Crippen molar-refractivity contribution in [2.45, 2.75) is 6.61 Å². The van der Waals surface area contributed by atoms with Crippen molar-refractivity contribution in [3.63, 3.8) is 0 Å². The Balaban J connectivity index is 1.86. The van der Waals surface area contributed by atoms with E-state index in [0.29, 0.717) is 17.9 Å². The number of halogens is 1. The van der Waals surface area contributed by atoms with Gasteiger partial charge >= 0.3 is 0 Å². The summed E-state index contributed by atoms with van der Waals surface area (Å²) in [5.74, 6) is 0.345. The summed E-state index contributed by atoms with van der Waals surface area (Å²) in [6.45, 7) is 0.383. The lowest BCUT2D eigenvalue weighted by molar-refractivity contribution is 0.306. The van der Waals surface area contributed by atoms with E-state index in [-0.39, 0.29) is 11.7 Å². The fraction of sp³-hybridized carbons (Fsp3) is 0.0667. The molecule has 0 spiro atoms. The zero-order valence-electron chi connectivity index (χ0n) is 10.5. The van der Waals surface area contributed by atoms with E-state index in [4.69, 9.17) is 9.15 Å². The summed E-state index contributed by atoms with van der Waals surface area (Å²) >= 11 is 0. The third kappa shape index (κ3) is 2.66. The van der Waals surface area contributed by atoms with Gasteiger partial charge in [-0.1, -0.05) is 30.3 Å². The highest BCUT2D eigenvalue weighted by molar-refractivity contribution is 5.62. The summed E-state index contributed by atoms with van der Waals surface area (Å²) in [4.78, 5) is 0.